The minimum atomic E-state index is 0.0129. The second-order valence-electron chi connectivity index (χ2n) is 13.7. The Balaban J connectivity index is 1.63. The van der Waals surface area contributed by atoms with E-state index in [1.54, 1.807) is 0 Å². The van der Waals surface area contributed by atoms with E-state index in [1.165, 1.54) is 75.4 Å². The van der Waals surface area contributed by atoms with Crippen LogP contribution in [0.4, 0.5) is 0 Å². The van der Waals surface area contributed by atoms with Crippen LogP contribution in [0.1, 0.15) is 119 Å². The van der Waals surface area contributed by atoms with Crippen molar-refractivity contribution in [2.75, 3.05) is 0 Å². The lowest BCUT2D eigenvalue weighted by Gasteiger charge is -2.63. The average Bonchev–Trinajstić information content (AvgIpc) is 2.64. The highest BCUT2D eigenvalue weighted by Gasteiger charge is 2.59. The topological polar surface area (TPSA) is 9.23 Å². The Morgan fingerprint density at radius 3 is 2.32 bits per heavy atom. The first-order chi connectivity index (χ1) is 14.4. The summed E-state index contributed by atoms with van der Waals surface area (Å²) in [5.74, 6) is 2.10. The quantitative estimate of drug-likeness (QED) is 0.400. The van der Waals surface area contributed by atoms with Crippen molar-refractivity contribution in [3.05, 3.63) is 23.8 Å². The number of hydrogen-bond acceptors (Lipinski definition) is 1. The van der Waals surface area contributed by atoms with Crippen molar-refractivity contribution in [3.8, 4) is 0 Å². The van der Waals surface area contributed by atoms with Crippen LogP contribution in [0.25, 0.3) is 0 Å². The molecule has 0 saturated heterocycles. The maximum absolute atomic E-state index is 7.31. The van der Waals surface area contributed by atoms with Crippen LogP contribution in [0, 0.1) is 34.0 Å². The smallest absolute Gasteiger partial charge is 0.0795 e. The van der Waals surface area contributed by atoms with Crippen LogP contribution in [0.3, 0.4) is 0 Å². The zero-order valence-corrected chi connectivity index (χ0v) is 21.8. The van der Waals surface area contributed by atoms with Gasteiger partial charge in [0.2, 0.25) is 0 Å². The lowest BCUT2D eigenvalue weighted by molar-refractivity contribution is -0.209. The van der Waals surface area contributed by atoms with E-state index in [0.29, 0.717) is 28.1 Å². The maximum Gasteiger partial charge on any atom is 0.0795 e. The van der Waals surface area contributed by atoms with E-state index < -0.39 is 0 Å². The van der Waals surface area contributed by atoms with E-state index in [-0.39, 0.29) is 11.7 Å². The van der Waals surface area contributed by atoms with Gasteiger partial charge in [-0.2, -0.15) is 0 Å². The van der Waals surface area contributed by atoms with Crippen LogP contribution in [0.5, 0.6) is 0 Å². The molecule has 4 aliphatic rings. The molecule has 1 aliphatic heterocycles. The molecule has 0 aromatic rings. The lowest BCUT2D eigenvalue weighted by atomic mass is 9.45. The highest BCUT2D eigenvalue weighted by molar-refractivity contribution is 5.17. The van der Waals surface area contributed by atoms with Crippen LogP contribution in [0.15, 0.2) is 23.8 Å². The molecule has 4 rings (SSSR count). The summed E-state index contributed by atoms with van der Waals surface area (Å²) in [5.41, 5.74) is 4.21. The Hall–Kier alpha value is -0.560. The fourth-order valence-electron chi connectivity index (χ4n) is 9.02. The summed E-state index contributed by atoms with van der Waals surface area (Å²) >= 11 is 0. The van der Waals surface area contributed by atoms with E-state index in [1.807, 2.05) is 0 Å². The molecule has 0 aromatic carbocycles. The van der Waals surface area contributed by atoms with Crippen LogP contribution >= 0.6 is 0 Å². The van der Waals surface area contributed by atoms with Gasteiger partial charge in [-0.25, -0.2) is 0 Å². The molecule has 0 N–H and O–H groups in total. The summed E-state index contributed by atoms with van der Waals surface area (Å²) in [6, 6.07) is 0. The van der Waals surface area contributed by atoms with Crippen molar-refractivity contribution in [1.82, 2.24) is 0 Å². The fraction of sp³-hybridized carbons (Fsp3) is 0.867. The van der Waals surface area contributed by atoms with Gasteiger partial charge >= 0.3 is 0 Å². The molecule has 3 saturated carbocycles. The SMILES string of the molecule is C=C1CCCC(C)(C)[C@@H]1C[C@@H]1O[C@]2(C)CC[C@H]3C(C)(C)CCC[C@]3(C)[C@H]2CC/C=C/1C. The van der Waals surface area contributed by atoms with Crippen LogP contribution in [-0.2, 0) is 4.74 Å². The number of hydrogen-bond donors (Lipinski definition) is 0. The van der Waals surface area contributed by atoms with Crippen LogP contribution in [-0.4, -0.2) is 11.7 Å². The molecule has 1 heterocycles. The minimum absolute atomic E-state index is 0.0129. The second kappa shape index (κ2) is 8.03. The van der Waals surface area contributed by atoms with E-state index in [9.17, 15) is 0 Å². The molecule has 6 atom stereocenters. The summed E-state index contributed by atoms with van der Waals surface area (Å²) in [6.45, 7) is 22.0. The Kier molecular flexibility index (Phi) is 6.11. The van der Waals surface area contributed by atoms with Crippen molar-refractivity contribution in [2.45, 2.75) is 131 Å². The molecule has 31 heavy (non-hydrogen) atoms. The minimum Gasteiger partial charge on any atom is -0.367 e. The Labute approximate surface area is 193 Å². The van der Waals surface area contributed by atoms with Gasteiger partial charge in [-0.3, -0.25) is 0 Å². The third kappa shape index (κ3) is 4.11. The summed E-state index contributed by atoms with van der Waals surface area (Å²) in [4.78, 5) is 0. The summed E-state index contributed by atoms with van der Waals surface area (Å²) in [6.07, 6.45) is 17.0. The molecule has 1 heteroatoms. The normalized spacial score (nSPS) is 46.7. The maximum atomic E-state index is 7.31. The molecule has 1 nitrogen and oxygen atoms in total. The number of rotatable bonds is 2. The van der Waals surface area contributed by atoms with Crippen molar-refractivity contribution in [3.63, 3.8) is 0 Å². The van der Waals surface area contributed by atoms with Gasteiger partial charge < -0.3 is 4.74 Å². The van der Waals surface area contributed by atoms with Gasteiger partial charge in [-0.1, -0.05) is 59.3 Å². The molecule has 0 aromatic heterocycles. The molecule has 0 amide bonds. The van der Waals surface area contributed by atoms with Gasteiger partial charge in [0.25, 0.3) is 0 Å². The summed E-state index contributed by atoms with van der Waals surface area (Å²) in [7, 11) is 0. The second-order valence-corrected chi connectivity index (χ2v) is 13.7. The summed E-state index contributed by atoms with van der Waals surface area (Å²) in [5, 5.41) is 0. The fourth-order valence-corrected chi connectivity index (χ4v) is 9.02. The molecular weight excluding hydrogens is 376 g/mol. The predicted octanol–water partition coefficient (Wildman–Crippen LogP) is 8.89. The zero-order valence-electron chi connectivity index (χ0n) is 21.8. The highest BCUT2D eigenvalue weighted by atomic mass is 16.5. The largest absolute Gasteiger partial charge is 0.367 e. The van der Waals surface area contributed by atoms with Crippen molar-refractivity contribution in [1.29, 1.82) is 0 Å². The molecule has 3 aliphatic carbocycles. The number of fused-ring (bicyclic) bond motifs is 3. The Morgan fingerprint density at radius 2 is 1.61 bits per heavy atom. The van der Waals surface area contributed by atoms with Gasteiger partial charge in [0.1, 0.15) is 0 Å². The Morgan fingerprint density at radius 1 is 0.903 bits per heavy atom. The van der Waals surface area contributed by atoms with Crippen molar-refractivity contribution < 1.29 is 4.74 Å². The van der Waals surface area contributed by atoms with Crippen LogP contribution < -0.4 is 0 Å². The van der Waals surface area contributed by atoms with Gasteiger partial charge in [0.05, 0.1) is 11.7 Å². The van der Waals surface area contributed by atoms with Crippen LogP contribution in [0.2, 0.25) is 0 Å². The highest BCUT2D eigenvalue weighted by Crippen LogP contribution is 2.64. The van der Waals surface area contributed by atoms with Gasteiger partial charge in [-0.05, 0) is 118 Å². The van der Waals surface area contributed by atoms with Gasteiger partial charge in [-0.15, -0.1) is 0 Å². The molecule has 176 valence electrons. The first kappa shape index (κ1) is 23.6. The number of allylic oxidation sites excluding steroid dienone is 2. The number of ether oxygens (including phenoxy) is 1. The van der Waals surface area contributed by atoms with Gasteiger partial charge in [0.15, 0.2) is 0 Å². The Bertz CT molecular complexity index is 727. The third-order valence-electron chi connectivity index (χ3n) is 10.8. The monoisotopic (exact) mass is 426 g/mol. The van der Waals surface area contributed by atoms with E-state index in [2.05, 4.69) is 61.1 Å². The van der Waals surface area contributed by atoms with E-state index >= 15 is 0 Å². The molecule has 3 fully saturated rings. The standard InChI is InChI=1S/C30H50O/c1-21-13-10-16-27(3,4)23(21)20-24-22(2)12-9-14-26-29(7)18-11-17-28(5,6)25(29)15-19-30(26,8)31-24/h12,23-26H,1,9-11,13-20H2,2-8H3/b22-12+/t23-,24+,25+,26-,29+,30-/m1/s1. The van der Waals surface area contributed by atoms with Crippen molar-refractivity contribution >= 4 is 0 Å². The van der Waals surface area contributed by atoms with Gasteiger partial charge in [0, 0.05) is 0 Å². The zero-order chi connectivity index (χ0) is 22.7. The molecule has 0 bridgehead atoms. The summed E-state index contributed by atoms with van der Waals surface area (Å²) < 4.78 is 7.31. The average molecular weight is 427 g/mol. The molecule has 0 unspecified atom stereocenters. The molecule has 0 spiro atoms. The van der Waals surface area contributed by atoms with Crippen molar-refractivity contribution in [2.24, 2.45) is 34.0 Å². The first-order valence-electron chi connectivity index (χ1n) is 13.4. The molecule has 0 radical (unpaired) electrons. The first-order valence-corrected chi connectivity index (χ1v) is 13.4. The predicted molar refractivity (Wildman–Crippen MR) is 133 cm³/mol. The van der Waals surface area contributed by atoms with E-state index in [0.717, 1.165) is 12.3 Å². The molecular formula is C30H50O. The van der Waals surface area contributed by atoms with E-state index in [4.69, 9.17) is 4.74 Å². The third-order valence-corrected chi connectivity index (χ3v) is 10.8. The lowest BCUT2D eigenvalue weighted by Crippen LogP contribution is -2.59.